The average molecular weight is 1590 g/mol. The summed E-state index contributed by atoms with van der Waals surface area (Å²) < 4.78 is 83.3. The van der Waals surface area contributed by atoms with Crippen LogP contribution in [0.2, 0.25) is 0 Å². The number of rotatable bonds is 21. The smallest absolute Gasteiger partial charge is 0.335 e. The van der Waals surface area contributed by atoms with Crippen LogP contribution in [0.5, 0.6) is 0 Å². The number of hydrogen-bond acceptors (Lipinski definition) is 37. The fraction of sp³-hybridized carbons (Fsp3) is 0.915. The second kappa shape index (κ2) is 32.8. The number of amides is 1. The summed E-state index contributed by atoms with van der Waals surface area (Å²) in [7, 11) is 0. The number of aliphatic hydroxyl groups excluding tert-OH is 19. The van der Waals surface area contributed by atoms with Gasteiger partial charge in [0.25, 0.3) is 0 Å². The highest BCUT2D eigenvalue weighted by Gasteiger charge is 2.73. The van der Waals surface area contributed by atoms with Gasteiger partial charge in [0.15, 0.2) is 49.9 Å². The van der Waals surface area contributed by atoms with Gasteiger partial charge in [-0.1, -0.05) is 53.2 Å². The Morgan fingerprint density at radius 2 is 1.07 bits per heavy atom. The second-order valence-corrected chi connectivity index (χ2v) is 33.9. The molecule has 7 heterocycles. The summed E-state index contributed by atoms with van der Waals surface area (Å²) in [5, 5.41) is 222. The third-order valence-electron chi connectivity index (χ3n) is 27.0. The number of carboxylic acid groups (broad SMARTS) is 1. The minimum Gasteiger partial charge on any atom is -0.479 e. The Bertz CT molecular complexity index is 3250. The fourth-order valence-corrected chi connectivity index (χ4v) is 20.4. The van der Waals surface area contributed by atoms with Crippen molar-refractivity contribution in [3.63, 3.8) is 0 Å². The van der Waals surface area contributed by atoms with Gasteiger partial charge in [0.05, 0.1) is 62.8 Å². The molecule has 110 heavy (non-hydrogen) atoms. The maximum atomic E-state index is 16.0. The maximum absolute atomic E-state index is 16.0. The Balaban J connectivity index is 0.822. The van der Waals surface area contributed by atoms with Crippen LogP contribution in [0.15, 0.2) is 11.6 Å². The van der Waals surface area contributed by atoms with Crippen molar-refractivity contribution in [3.05, 3.63) is 11.6 Å². The summed E-state index contributed by atoms with van der Waals surface area (Å²) >= 11 is 0. The van der Waals surface area contributed by atoms with Gasteiger partial charge < -0.3 is 179 Å². The first kappa shape index (κ1) is 85.9. The lowest BCUT2D eigenvalue weighted by molar-refractivity contribution is -0.391. The minimum absolute atomic E-state index is 0.0299. The summed E-state index contributed by atoms with van der Waals surface area (Å²) in [5.41, 5.74) is -5.33. The zero-order valence-corrected chi connectivity index (χ0v) is 61.9. The zero-order valence-electron chi connectivity index (χ0n) is 61.9. The van der Waals surface area contributed by atoms with Gasteiger partial charge in [0.1, 0.15) is 146 Å². The highest BCUT2D eigenvalue weighted by Crippen LogP contribution is 2.76. The van der Waals surface area contributed by atoms with Crippen molar-refractivity contribution in [2.24, 2.45) is 50.2 Å². The van der Waals surface area contributed by atoms with Crippen molar-refractivity contribution in [1.82, 2.24) is 5.32 Å². The first-order chi connectivity index (χ1) is 51.7. The second-order valence-electron chi connectivity index (χ2n) is 33.9. The number of carboxylic acids is 1. The van der Waals surface area contributed by atoms with Gasteiger partial charge in [-0.25, -0.2) is 4.79 Å². The van der Waals surface area contributed by atoms with Gasteiger partial charge in [0, 0.05) is 0 Å². The molecule has 0 radical (unpaired) electrons. The van der Waals surface area contributed by atoms with Gasteiger partial charge in [-0.15, -0.1) is 0 Å². The number of carbonyl (C=O) groups excluding carboxylic acids is 3. The molecule has 7 saturated heterocycles. The quantitative estimate of drug-likeness (QED) is 0.0220. The number of esters is 1. The van der Waals surface area contributed by atoms with Gasteiger partial charge in [0.2, 0.25) is 12.2 Å². The lowest BCUT2D eigenvalue weighted by Gasteiger charge is -2.71. The molecule has 42 atom stereocenters. The maximum Gasteiger partial charge on any atom is 0.335 e. The van der Waals surface area contributed by atoms with Crippen LogP contribution in [0.4, 0.5) is 0 Å². The Hall–Kier alpha value is -3.46. The number of carbonyl (C=O) groups is 4. The number of aldehydes is 1. The van der Waals surface area contributed by atoms with E-state index in [2.05, 4.69) is 32.2 Å². The van der Waals surface area contributed by atoms with Gasteiger partial charge in [-0.05, 0) is 104 Å². The molecule has 7 aliphatic heterocycles. The molecule has 12 rings (SSSR count). The van der Waals surface area contributed by atoms with E-state index in [1.807, 2.05) is 13.8 Å². The molecule has 19 unspecified atom stereocenters. The van der Waals surface area contributed by atoms with E-state index in [0.717, 1.165) is 11.9 Å². The molecule has 12 aliphatic rings. The van der Waals surface area contributed by atoms with E-state index >= 15 is 4.79 Å². The van der Waals surface area contributed by atoms with Crippen LogP contribution in [0.1, 0.15) is 106 Å². The highest BCUT2D eigenvalue weighted by molar-refractivity contribution is 5.80. The Morgan fingerprint density at radius 1 is 0.527 bits per heavy atom. The van der Waals surface area contributed by atoms with Crippen LogP contribution in [0, 0.1) is 50.2 Å². The number of nitrogens with one attached hydrogen (secondary N) is 1. The molecule has 628 valence electrons. The third kappa shape index (κ3) is 15.0. The summed E-state index contributed by atoms with van der Waals surface area (Å²) in [6.45, 7) is 8.74. The van der Waals surface area contributed by atoms with E-state index in [1.54, 1.807) is 6.92 Å². The number of hydrogen-bond donors (Lipinski definition) is 21. The third-order valence-corrected chi connectivity index (χ3v) is 27.0. The van der Waals surface area contributed by atoms with Crippen molar-refractivity contribution in [2.45, 2.75) is 315 Å². The van der Waals surface area contributed by atoms with Crippen molar-refractivity contribution < 1.29 is 188 Å². The van der Waals surface area contributed by atoms with E-state index in [0.29, 0.717) is 38.5 Å². The molecule has 1 amide bonds. The number of aliphatic carboxylic acids is 1. The Kier molecular flexibility index (Phi) is 25.6. The highest BCUT2D eigenvalue weighted by atomic mass is 16.8. The fourth-order valence-electron chi connectivity index (χ4n) is 20.4. The largest absolute Gasteiger partial charge is 0.479 e. The van der Waals surface area contributed by atoms with Crippen LogP contribution < -0.4 is 5.32 Å². The lowest BCUT2D eigenvalue weighted by Crippen LogP contribution is -2.70. The van der Waals surface area contributed by atoms with Crippen LogP contribution in [-0.4, -0.2) is 375 Å². The van der Waals surface area contributed by atoms with Gasteiger partial charge >= 0.3 is 11.9 Å². The molecule has 39 nitrogen and oxygen atoms in total. The predicted octanol–water partition coefficient (Wildman–Crippen LogP) is -8.26. The van der Waals surface area contributed by atoms with E-state index in [4.69, 9.17) is 66.3 Å². The van der Waals surface area contributed by atoms with Gasteiger partial charge in [-0.2, -0.15) is 0 Å². The van der Waals surface area contributed by atoms with E-state index in [1.165, 1.54) is 6.92 Å². The average Bonchev–Trinajstić information content (AvgIpc) is 0.707. The molecule has 11 fully saturated rings. The van der Waals surface area contributed by atoms with Crippen LogP contribution in [-0.2, 0) is 85.5 Å². The molecule has 0 aromatic rings. The molecule has 0 aromatic heterocycles. The molecule has 39 heteroatoms. The number of fused-ring (bicyclic) bond motifs is 7. The van der Waals surface area contributed by atoms with E-state index < -0.39 is 311 Å². The topological polar surface area (TPSA) is 614 Å². The molecule has 21 N–H and O–H groups in total. The monoisotopic (exact) mass is 1590 g/mol. The normalized spacial score (nSPS) is 52.9. The Morgan fingerprint density at radius 3 is 1.68 bits per heavy atom. The molecule has 0 bridgehead atoms. The summed E-state index contributed by atoms with van der Waals surface area (Å²) in [4.78, 5) is 57.1. The molecule has 0 aromatic carbocycles. The van der Waals surface area contributed by atoms with Crippen LogP contribution in [0.25, 0.3) is 0 Å². The molecule has 5 aliphatic carbocycles. The van der Waals surface area contributed by atoms with Crippen LogP contribution >= 0.6 is 0 Å². The number of ether oxygens (including phenoxy) is 14. The number of aliphatic hydroxyl groups is 19. The van der Waals surface area contributed by atoms with Crippen LogP contribution in [0.3, 0.4) is 0 Å². The molecule has 0 spiro atoms. The summed E-state index contributed by atoms with van der Waals surface area (Å²) in [5.74, 6) is -5.42. The van der Waals surface area contributed by atoms with Crippen molar-refractivity contribution in [1.29, 1.82) is 0 Å². The van der Waals surface area contributed by atoms with Gasteiger partial charge in [-0.3, -0.25) is 9.59 Å². The Labute approximate surface area is 631 Å². The first-order valence-corrected chi connectivity index (χ1v) is 37.7. The SMILES string of the molecule is CC1O[C@@H](OC2C(O)[C@@H](NC(=O)CO[C@@H]3O[C@@H](CO)C(O)C3O)C(CO)O[C@H]2OC(=O)[C@]23CCC(C)(C)CC2C2=CCC4C5(C)CC[C@H](O[C@@H]6OC(C(=O)O)[C@@H](O)[C@H](O[C@@H]7OC[C@@H](O)[C@H](O)C7O)C6O[C@@H]6OC(CO)[C@H](O)[C@H](O)C6O)[C@](C)(C=O)[C@@H]5CC[C@]4(C)[C@]2(C)CC3O)C(O)C(O)[C@H]1O[C@@H]1OC[C@@H](O)C(O)C1O. The standard InChI is InChI=1S/C71H111NO38/c1-25-52(105-59-46(88)39(81)28(77)21-97-59)45(87)50(92)61(100-25)108-55-43(85)38(72-37(80)23-99-58-48(90)42(84)32(20-75)102-58)30(18-73)101-63(55)110-65(96)71-15-14-66(2,3)16-27(71)26-8-9-34-67(4)12-11-36(68(5,24-76)33(67)10-13-69(34,6)70(26,7)17-35(71)79)104-64-56(109-62-49(91)44(86)41(83)31(19-74)103-62)53(51(93)54(107-64)57(94)95)106-60-47(89)40(82)29(78)22-98-60/h8,24-25,27-36,38-56,58-64,73-75,77-79,81-93H,9-23H2,1-7H3,(H,72,80)(H,94,95)/t25?,27?,28-,29-,30?,31?,32+,33-,34?,35?,36+,38+,39?,40+,41+,42?,43?,44+,45?,46?,47?,48?,49?,50?,51+,52+,53+,54?,55?,56?,58-,59+,60+,61+,62+,63+,64-,67?,68-,69+,70-,71-/m1/s1. The molecular weight excluding hydrogens is 1470 g/mol. The molecular formula is C71H111NO38. The van der Waals surface area contributed by atoms with E-state index in [-0.39, 0.29) is 25.2 Å². The number of allylic oxidation sites excluding steroid dienone is 2. The lowest BCUT2D eigenvalue weighted by atomic mass is 9.33. The predicted molar refractivity (Wildman–Crippen MR) is 357 cm³/mol. The minimum atomic E-state index is -2.25. The molecule has 4 saturated carbocycles. The summed E-state index contributed by atoms with van der Waals surface area (Å²) in [6, 6.07) is -1.70. The van der Waals surface area contributed by atoms with E-state index in [9.17, 15) is 117 Å². The zero-order chi connectivity index (χ0) is 80.3. The summed E-state index contributed by atoms with van der Waals surface area (Å²) in [6.07, 6.45) is -54.7. The van der Waals surface area contributed by atoms with Crippen molar-refractivity contribution >= 4 is 24.1 Å². The van der Waals surface area contributed by atoms with Crippen molar-refractivity contribution in [2.75, 3.05) is 39.6 Å². The van der Waals surface area contributed by atoms with Crippen molar-refractivity contribution in [3.8, 4) is 0 Å². The first-order valence-electron chi connectivity index (χ1n) is 37.7.